The molecule has 6 aromatic rings. The Hall–Kier alpha value is -4.77. The Kier molecular flexibility index (Phi) is 7.39. The minimum Gasteiger partial charge on any atom is -0.457 e. The van der Waals surface area contributed by atoms with Gasteiger partial charge in [-0.3, -0.25) is 4.57 Å². The van der Waals surface area contributed by atoms with Crippen molar-refractivity contribution in [3.05, 3.63) is 114 Å². The maximum atomic E-state index is 7.21. The molecule has 0 N–H and O–H groups in total. The molecular formula is C43H48N4O. The molecular weight excluding hydrogens is 589 g/mol. The number of aromatic nitrogens is 2. The summed E-state index contributed by atoms with van der Waals surface area (Å²) in [5.74, 6) is 2.66. The number of para-hydroxylation sites is 3. The lowest BCUT2D eigenvalue weighted by Gasteiger charge is -2.28. The van der Waals surface area contributed by atoms with Crippen LogP contribution in [0.4, 0.5) is 17.1 Å². The van der Waals surface area contributed by atoms with E-state index in [1.807, 2.05) is 6.20 Å². The first-order valence-corrected chi connectivity index (χ1v) is 17.1. The summed E-state index contributed by atoms with van der Waals surface area (Å²) in [6, 6.07) is 32.9. The van der Waals surface area contributed by atoms with Gasteiger partial charge in [-0.2, -0.15) is 0 Å². The van der Waals surface area contributed by atoms with Crippen molar-refractivity contribution in [2.24, 2.45) is 0 Å². The molecule has 7 rings (SSSR count). The van der Waals surface area contributed by atoms with Crippen molar-refractivity contribution in [3.63, 3.8) is 0 Å². The van der Waals surface area contributed by atoms with Crippen LogP contribution in [0.15, 0.2) is 97.2 Å². The van der Waals surface area contributed by atoms with Gasteiger partial charge >= 0.3 is 0 Å². The van der Waals surface area contributed by atoms with Crippen LogP contribution in [-0.4, -0.2) is 23.3 Å². The van der Waals surface area contributed by atoms with Crippen LogP contribution in [0, 0.1) is 0 Å². The molecule has 0 saturated carbocycles. The minimum atomic E-state index is -0.159. The summed E-state index contributed by atoms with van der Waals surface area (Å²) in [7, 11) is 2.15. The fraction of sp³-hybridized carbons (Fsp3) is 0.326. The van der Waals surface area contributed by atoms with Gasteiger partial charge in [0.25, 0.3) is 0 Å². The molecule has 1 aliphatic rings. The average Bonchev–Trinajstić information content (AvgIpc) is 3.53. The van der Waals surface area contributed by atoms with Gasteiger partial charge in [-0.25, -0.2) is 4.98 Å². The summed E-state index contributed by atoms with van der Waals surface area (Å²) in [5, 5.41) is 2.41. The predicted octanol–water partition coefficient (Wildman–Crippen LogP) is 11.4. The van der Waals surface area contributed by atoms with Gasteiger partial charge in [0.2, 0.25) is 0 Å². The zero-order chi connectivity index (χ0) is 34.2. The van der Waals surface area contributed by atoms with Gasteiger partial charge in [-0.05, 0) is 64.3 Å². The zero-order valence-electron chi connectivity index (χ0n) is 30.1. The van der Waals surface area contributed by atoms with Gasteiger partial charge in [0.05, 0.1) is 29.1 Å². The summed E-state index contributed by atoms with van der Waals surface area (Å²) in [4.78, 5) is 9.58. The third-order valence-electron chi connectivity index (χ3n) is 9.66. The van der Waals surface area contributed by atoms with Crippen molar-refractivity contribution in [2.45, 2.75) is 78.6 Å². The molecule has 5 nitrogen and oxygen atoms in total. The monoisotopic (exact) mass is 636 g/mol. The number of rotatable bonds is 4. The molecule has 4 aromatic carbocycles. The van der Waals surface area contributed by atoms with Crippen LogP contribution in [0.3, 0.4) is 0 Å². The molecule has 0 fully saturated rings. The van der Waals surface area contributed by atoms with Gasteiger partial charge in [-0.15, -0.1) is 0 Å². The predicted molar refractivity (Wildman–Crippen MR) is 203 cm³/mol. The molecule has 1 aliphatic heterocycles. The second-order valence-electron chi connectivity index (χ2n) is 16.4. The molecule has 5 heteroatoms. The van der Waals surface area contributed by atoms with Crippen LogP contribution in [0.25, 0.3) is 27.6 Å². The Balaban J connectivity index is 1.45. The highest BCUT2D eigenvalue weighted by Gasteiger charge is 2.29. The Morgan fingerprint density at radius 3 is 1.98 bits per heavy atom. The Bertz CT molecular complexity index is 2170. The van der Waals surface area contributed by atoms with Gasteiger partial charge in [0.15, 0.2) is 0 Å². The van der Waals surface area contributed by atoms with Crippen molar-refractivity contribution in [1.82, 2.24) is 9.55 Å². The zero-order valence-corrected chi connectivity index (χ0v) is 30.1. The number of pyridine rings is 1. The quantitative estimate of drug-likeness (QED) is 0.193. The molecule has 0 saturated heterocycles. The van der Waals surface area contributed by atoms with Crippen LogP contribution in [0.1, 0.15) is 79.0 Å². The highest BCUT2D eigenvalue weighted by Crippen LogP contribution is 2.46. The highest BCUT2D eigenvalue weighted by molar-refractivity contribution is 6.10. The average molecular weight is 637 g/mol. The standard InChI is InChI=1S/C43H48N4O/c1-41(2,3)28-21-22-44-40(23-28)47-34-16-12-11-15-30(34)31-25-33(43(7,8)9)39(26-37(31)47)48-38-24-29(19-20-32(38)42(4,5)6)46-27-45(10)35-17-13-14-18-36(35)46/h11-26H,27H2,1-10H3. The Morgan fingerprint density at radius 1 is 0.604 bits per heavy atom. The summed E-state index contributed by atoms with van der Waals surface area (Å²) < 4.78 is 9.51. The van der Waals surface area contributed by atoms with Gasteiger partial charge in [-0.1, -0.05) is 98.7 Å². The lowest BCUT2D eigenvalue weighted by molar-refractivity contribution is 0.437. The molecule has 0 aliphatic carbocycles. The number of hydrogen-bond acceptors (Lipinski definition) is 4. The van der Waals surface area contributed by atoms with Crippen molar-refractivity contribution in [1.29, 1.82) is 0 Å². The van der Waals surface area contributed by atoms with Crippen molar-refractivity contribution in [3.8, 4) is 17.3 Å². The van der Waals surface area contributed by atoms with E-state index in [1.165, 1.54) is 38.8 Å². The number of fused-ring (bicyclic) bond motifs is 4. The second kappa shape index (κ2) is 11.2. The first-order chi connectivity index (χ1) is 22.6. The molecule has 0 bridgehead atoms. The number of hydrogen-bond donors (Lipinski definition) is 0. The van der Waals surface area contributed by atoms with Crippen molar-refractivity contribution >= 4 is 38.9 Å². The molecule has 48 heavy (non-hydrogen) atoms. The SMILES string of the molecule is CN1CN(c2ccc(C(C)(C)C)c(Oc3cc4c(cc3C(C)(C)C)c3ccccc3n4-c3cc(C(C)(C)C)ccn3)c2)c2ccccc21. The molecule has 0 atom stereocenters. The third kappa shape index (κ3) is 5.49. The van der Waals surface area contributed by atoms with E-state index in [4.69, 9.17) is 9.72 Å². The van der Waals surface area contributed by atoms with Crippen LogP contribution in [-0.2, 0) is 16.2 Å². The van der Waals surface area contributed by atoms with Crippen LogP contribution in [0.2, 0.25) is 0 Å². The summed E-state index contributed by atoms with van der Waals surface area (Å²) in [6.07, 6.45) is 1.94. The highest BCUT2D eigenvalue weighted by atomic mass is 16.5. The number of ether oxygens (including phenoxy) is 1. The molecule has 0 unspecified atom stereocenters. The minimum absolute atomic E-state index is 0.00314. The van der Waals surface area contributed by atoms with Gasteiger partial charge < -0.3 is 14.5 Å². The van der Waals surface area contributed by atoms with E-state index in [0.717, 1.165) is 40.7 Å². The van der Waals surface area contributed by atoms with Crippen LogP contribution in [0.5, 0.6) is 11.5 Å². The van der Waals surface area contributed by atoms with Gasteiger partial charge in [0, 0.05) is 53.0 Å². The smallest absolute Gasteiger partial charge is 0.137 e. The fourth-order valence-corrected chi connectivity index (χ4v) is 7.02. The Morgan fingerprint density at radius 2 is 1.27 bits per heavy atom. The molecule has 2 aromatic heterocycles. The van der Waals surface area contributed by atoms with E-state index in [1.54, 1.807) is 0 Å². The number of anilines is 3. The van der Waals surface area contributed by atoms with Crippen LogP contribution < -0.4 is 14.5 Å². The second-order valence-corrected chi connectivity index (χ2v) is 16.4. The first kappa shape index (κ1) is 31.8. The first-order valence-electron chi connectivity index (χ1n) is 17.1. The van der Waals surface area contributed by atoms with E-state index in [2.05, 4.69) is 175 Å². The maximum absolute atomic E-state index is 7.21. The molecule has 0 amide bonds. The normalized spacial score (nSPS) is 13.9. The summed E-state index contributed by atoms with van der Waals surface area (Å²) in [6.45, 7) is 21.1. The lowest BCUT2D eigenvalue weighted by atomic mass is 9.84. The van der Waals surface area contributed by atoms with E-state index >= 15 is 0 Å². The van der Waals surface area contributed by atoms with Gasteiger partial charge in [0.1, 0.15) is 17.3 Å². The van der Waals surface area contributed by atoms with E-state index < -0.39 is 0 Å². The fourth-order valence-electron chi connectivity index (χ4n) is 7.02. The maximum Gasteiger partial charge on any atom is 0.137 e. The largest absolute Gasteiger partial charge is 0.457 e. The number of benzene rings is 4. The molecule has 0 spiro atoms. The molecule has 3 heterocycles. The van der Waals surface area contributed by atoms with Crippen molar-refractivity contribution < 1.29 is 4.74 Å². The topological polar surface area (TPSA) is 33.5 Å². The van der Waals surface area contributed by atoms with Crippen molar-refractivity contribution in [2.75, 3.05) is 23.5 Å². The lowest BCUT2D eigenvalue weighted by Crippen LogP contribution is -2.24. The number of nitrogens with zero attached hydrogens (tertiary/aromatic N) is 4. The molecule has 0 radical (unpaired) electrons. The summed E-state index contributed by atoms with van der Waals surface area (Å²) in [5.41, 5.74) is 9.10. The Labute approximate surface area is 285 Å². The van der Waals surface area contributed by atoms with Crippen LogP contribution >= 0.6 is 0 Å². The molecule has 246 valence electrons. The van der Waals surface area contributed by atoms with E-state index in [9.17, 15) is 0 Å². The third-order valence-corrected chi connectivity index (χ3v) is 9.66. The van der Waals surface area contributed by atoms with E-state index in [-0.39, 0.29) is 16.2 Å². The van der Waals surface area contributed by atoms with E-state index in [0.29, 0.717) is 0 Å². The summed E-state index contributed by atoms with van der Waals surface area (Å²) >= 11 is 0.